The Morgan fingerprint density at radius 2 is 1.69 bits per heavy atom. The van der Waals surface area contributed by atoms with Crippen molar-refractivity contribution >= 4 is 5.91 Å². The minimum absolute atomic E-state index is 0.0749. The number of likely N-dealkylation sites (N-methyl/N-ethyl adjacent to an activating group) is 1. The largest absolute Gasteiger partial charge is 0.493 e. The van der Waals surface area contributed by atoms with Gasteiger partial charge in [0.05, 0.1) is 13.2 Å². The SMILES string of the molecule is COc1cc(CN(Cc2ccncc2)C(=O)[C@@H]2CCCCN2C)ccc1OC1Cc2ccccc2C1. The summed E-state index contributed by atoms with van der Waals surface area (Å²) in [6.07, 6.45) is 8.62. The number of amides is 1. The highest BCUT2D eigenvalue weighted by Gasteiger charge is 2.30. The van der Waals surface area contributed by atoms with E-state index in [-0.39, 0.29) is 18.1 Å². The first-order valence-electron chi connectivity index (χ1n) is 12.9. The smallest absolute Gasteiger partial charge is 0.240 e. The van der Waals surface area contributed by atoms with Crippen LogP contribution in [0.15, 0.2) is 67.0 Å². The number of hydrogen-bond donors (Lipinski definition) is 0. The second-order valence-corrected chi connectivity index (χ2v) is 9.94. The minimum atomic E-state index is -0.0749. The highest BCUT2D eigenvalue weighted by atomic mass is 16.5. The number of ether oxygens (including phenoxy) is 2. The number of benzene rings is 2. The van der Waals surface area contributed by atoms with Crippen LogP contribution in [0.3, 0.4) is 0 Å². The molecular weight excluding hydrogens is 450 g/mol. The van der Waals surface area contributed by atoms with E-state index in [1.807, 2.05) is 29.2 Å². The third-order valence-corrected chi connectivity index (χ3v) is 7.40. The highest BCUT2D eigenvalue weighted by Crippen LogP contribution is 2.33. The number of methoxy groups -OCH3 is 1. The molecule has 2 heterocycles. The van der Waals surface area contributed by atoms with E-state index in [9.17, 15) is 4.79 Å². The molecule has 0 bridgehead atoms. The quantitative estimate of drug-likeness (QED) is 0.465. The molecule has 1 atom stereocenters. The van der Waals surface area contributed by atoms with Crippen molar-refractivity contribution in [2.24, 2.45) is 0 Å². The van der Waals surface area contributed by atoms with Gasteiger partial charge in [-0.3, -0.25) is 14.7 Å². The predicted octanol–water partition coefficient (Wildman–Crippen LogP) is 4.65. The molecule has 1 aliphatic heterocycles. The minimum Gasteiger partial charge on any atom is -0.493 e. The lowest BCUT2D eigenvalue weighted by atomic mass is 10.0. The number of aromatic nitrogens is 1. The van der Waals surface area contributed by atoms with Gasteiger partial charge in [0.25, 0.3) is 0 Å². The lowest BCUT2D eigenvalue weighted by molar-refractivity contribution is -0.139. The Morgan fingerprint density at radius 3 is 2.39 bits per heavy atom. The lowest BCUT2D eigenvalue weighted by Gasteiger charge is -2.35. The monoisotopic (exact) mass is 485 g/mol. The van der Waals surface area contributed by atoms with Gasteiger partial charge in [-0.25, -0.2) is 0 Å². The van der Waals surface area contributed by atoms with Crippen molar-refractivity contribution in [3.63, 3.8) is 0 Å². The standard InChI is InChI=1S/C30H35N3O3/c1-32-16-6-5-9-27(32)30(34)33(20-22-12-14-31-15-13-22)21-23-10-11-28(29(17-23)35-2)36-26-18-24-7-3-4-8-25(24)19-26/h3-4,7-8,10-15,17,26-27H,5-6,9,16,18-21H2,1-2H3/t27-/m0/s1. The molecule has 1 saturated heterocycles. The number of pyridine rings is 1. The Kier molecular flexibility index (Phi) is 7.52. The van der Waals surface area contributed by atoms with Crippen LogP contribution in [0.2, 0.25) is 0 Å². The maximum Gasteiger partial charge on any atom is 0.240 e. The van der Waals surface area contributed by atoms with Crippen molar-refractivity contribution in [1.82, 2.24) is 14.8 Å². The van der Waals surface area contributed by atoms with Crippen molar-refractivity contribution < 1.29 is 14.3 Å². The van der Waals surface area contributed by atoms with Crippen LogP contribution in [0, 0.1) is 0 Å². The topological polar surface area (TPSA) is 54.9 Å². The molecule has 2 aliphatic rings. The van der Waals surface area contributed by atoms with E-state index in [2.05, 4.69) is 47.3 Å². The summed E-state index contributed by atoms with van der Waals surface area (Å²) < 4.78 is 12.1. The van der Waals surface area contributed by atoms with Gasteiger partial charge in [0.1, 0.15) is 6.10 Å². The third kappa shape index (κ3) is 5.54. The Hall–Kier alpha value is -3.38. The van der Waals surface area contributed by atoms with Crippen LogP contribution in [0.25, 0.3) is 0 Å². The lowest BCUT2D eigenvalue weighted by Crippen LogP contribution is -2.48. The molecule has 36 heavy (non-hydrogen) atoms. The van der Waals surface area contributed by atoms with Gasteiger partial charge in [0.2, 0.25) is 5.91 Å². The summed E-state index contributed by atoms with van der Waals surface area (Å²) in [6.45, 7) is 2.02. The highest BCUT2D eigenvalue weighted by molar-refractivity contribution is 5.82. The second kappa shape index (κ2) is 11.1. The van der Waals surface area contributed by atoms with Gasteiger partial charge in [-0.05, 0) is 73.0 Å². The average molecular weight is 486 g/mol. The molecule has 2 aromatic carbocycles. The molecule has 0 radical (unpaired) electrons. The number of likely N-dealkylation sites (tertiary alicyclic amines) is 1. The summed E-state index contributed by atoms with van der Waals surface area (Å²) in [6, 6.07) is 18.4. The number of nitrogens with zero attached hydrogens (tertiary/aromatic N) is 3. The predicted molar refractivity (Wildman–Crippen MR) is 140 cm³/mol. The second-order valence-electron chi connectivity index (χ2n) is 9.94. The maximum absolute atomic E-state index is 13.7. The zero-order valence-electron chi connectivity index (χ0n) is 21.2. The number of rotatable bonds is 8. The Bertz CT molecular complexity index is 1160. The van der Waals surface area contributed by atoms with Gasteiger partial charge < -0.3 is 14.4 Å². The summed E-state index contributed by atoms with van der Waals surface area (Å²) >= 11 is 0. The number of hydrogen-bond acceptors (Lipinski definition) is 5. The molecule has 5 rings (SSSR count). The van der Waals surface area contributed by atoms with Crippen LogP contribution < -0.4 is 9.47 Å². The van der Waals surface area contributed by atoms with Gasteiger partial charge >= 0.3 is 0 Å². The van der Waals surface area contributed by atoms with Gasteiger partial charge in [0, 0.05) is 38.3 Å². The fourth-order valence-corrected chi connectivity index (χ4v) is 5.43. The summed E-state index contributed by atoms with van der Waals surface area (Å²) in [5.74, 6) is 1.63. The number of piperidine rings is 1. The molecule has 0 N–H and O–H groups in total. The molecule has 1 aromatic heterocycles. The molecule has 1 fully saturated rings. The third-order valence-electron chi connectivity index (χ3n) is 7.40. The van der Waals surface area contributed by atoms with E-state index in [1.54, 1.807) is 19.5 Å². The van der Waals surface area contributed by atoms with Crippen LogP contribution in [0.1, 0.15) is 41.5 Å². The Balaban J connectivity index is 1.33. The molecule has 1 amide bonds. The van der Waals surface area contributed by atoms with Crippen LogP contribution in [-0.4, -0.2) is 53.5 Å². The van der Waals surface area contributed by atoms with Crippen LogP contribution in [-0.2, 0) is 30.7 Å². The zero-order chi connectivity index (χ0) is 24.9. The molecule has 0 spiro atoms. The van der Waals surface area contributed by atoms with Crippen molar-refractivity contribution in [3.05, 3.63) is 89.2 Å². The summed E-state index contributed by atoms with van der Waals surface area (Å²) in [4.78, 5) is 22.0. The van der Waals surface area contributed by atoms with E-state index >= 15 is 0 Å². The molecule has 0 saturated carbocycles. The van der Waals surface area contributed by atoms with Gasteiger partial charge in [-0.2, -0.15) is 0 Å². The van der Waals surface area contributed by atoms with Crippen molar-refractivity contribution in [1.29, 1.82) is 0 Å². The van der Waals surface area contributed by atoms with Crippen molar-refractivity contribution in [3.8, 4) is 11.5 Å². The molecular formula is C30H35N3O3. The van der Waals surface area contributed by atoms with E-state index in [4.69, 9.17) is 9.47 Å². The number of carbonyl (C=O) groups is 1. The molecule has 3 aromatic rings. The van der Waals surface area contributed by atoms with Gasteiger partial charge in [-0.15, -0.1) is 0 Å². The van der Waals surface area contributed by atoms with Gasteiger partial charge in [-0.1, -0.05) is 36.8 Å². The number of fused-ring (bicyclic) bond motifs is 1. The first kappa shape index (κ1) is 24.3. The molecule has 6 nitrogen and oxygen atoms in total. The van der Waals surface area contributed by atoms with Crippen molar-refractivity contribution in [2.75, 3.05) is 20.7 Å². The molecule has 1 aliphatic carbocycles. The van der Waals surface area contributed by atoms with E-state index < -0.39 is 0 Å². The van der Waals surface area contributed by atoms with Gasteiger partial charge in [0.15, 0.2) is 11.5 Å². The van der Waals surface area contributed by atoms with Crippen LogP contribution in [0.5, 0.6) is 11.5 Å². The van der Waals surface area contributed by atoms with Crippen LogP contribution in [0.4, 0.5) is 0 Å². The fraction of sp³-hybridized carbons (Fsp3) is 0.400. The van der Waals surface area contributed by atoms with Crippen molar-refractivity contribution in [2.45, 2.75) is 57.3 Å². The zero-order valence-corrected chi connectivity index (χ0v) is 21.2. The normalized spacial score (nSPS) is 18.0. The fourth-order valence-electron chi connectivity index (χ4n) is 5.43. The first-order chi connectivity index (χ1) is 17.6. The summed E-state index contributed by atoms with van der Waals surface area (Å²) in [5, 5.41) is 0. The van der Waals surface area contributed by atoms with Crippen LogP contribution >= 0.6 is 0 Å². The molecule has 188 valence electrons. The van der Waals surface area contributed by atoms with E-state index in [1.165, 1.54) is 11.1 Å². The Labute approximate surface area is 213 Å². The van der Waals surface area contributed by atoms with E-state index in [0.717, 1.165) is 55.5 Å². The average Bonchev–Trinajstić information content (AvgIpc) is 3.32. The molecule has 0 unspecified atom stereocenters. The number of carbonyl (C=O) groups excluding carboxylic acids is 1. The van der Waals surface area contributed by atoms with E-state index in [0.29, 0.717) is 18.8 Å². The molecule has 6 heteroatoms. The first-order valence-corrected chi connectivity index (χ1v) is 12.9. The summed E-state index contributed by atoms with van der Waals surface area (Å²) in [7, 11) is 3.73. The Morgan fingerprint density at radius 1 is 0.972 bits per heavy atom. The summed E-state index contributed by atoms with van der Waals surface area (Å²) in [5.41, 5.74) is 4.81. The maximum atomic E-state index is 13.7.